The van der Waals surface area contributed by atoms with Crippen LogP contribution in [0.5, 0.6) is 5.75 Å². The number of halogens is 1. The molecule has 25 heavy (non-hydrogen) atoms. The van der Waals surface area contributed by atoms with E-state index in [1.807, 2.05) is 0 Å². The standard InChI is InChI=1S/C18H26ClNO5/c1-25-8-2-6-18(12-21)11-20(7-5-16(18)23)17(24)10-13-3-4-15(22)14(19)9-13/h3-4,9,16,21-23H,2,5-8,10-12H2,1H3/t16-,18+/m1/s1. The highest BCUT2D eigenvalue weighted by molar-refractivity contribution is 6.32. The maximum Gasteiger partial charge on any atom is 0.227 e. The van der Waals surface area contributed by atoms with Crippen molar-refractivity contribution < 1.29 is 24.9 Å². The van der Waals surface area contributed by atoms with E-state index < -0.39 is 11.5 Å². The third-order valence-corrected chi connectivity index (χ3v) is 5.25. The van der Waals surface area contributed by atoms with Crippen molar-refractivity contribution in [1.29, 1.82) is 0 Å². The molecule has 0 aromatic heterocycles. The van der Waals surface area contributed by atoms with Crippen LogP contribution in [0.15, 0.2) is 18.2 Å². The molecule has 1 saturated heterocycles. The molecule has 1 aromatic rings. The number of piperidine rings is 1. The number of benzene rings is 1. The van der Waals surface area contributed by atoms with Crippen LogP contribution in [0.3, 0.4) is 0 Å². The third-order valence-electron chi connectivity index (χ3n) is 4.94. The number of aromatic hydroxyl groups is 1. The number of rotatable bonds is 7. The van der Waals surface area contributed by atoms with E-state index in [0.717, 1.165) is 0 Å². The number of nitrogens with zero attached hydrogens (tertiary/aromatic N) is 1. The molecule has 140 valence electrons. The fourth-order valence-corrected chi connectivity index (χ4v) is 3.56. The predicted molar refractivity (Wildman–Crippen MR) is 94.7 cm³/mol. The van der Waals surface area contributed by atoms with Crippen molar-refractivity contribution in [3.8, 4) is 5.75 Å². The van der Waals surface area contributed by atoms with Crippen LogP contribution in [0.2, 0.25) is 5.02 Å². The van der Waals surface area contributed by atoms with E-state index >= 15 is 0 Å². The topological polar surface area (TPSA) is 90.2 Å². The van der Waals surface area contributed by atoms with Crippen molar-refractivity contribution in [1.82, 2.24) is 4.90 Å². The molecule has 1 aliphatic rings. The lowest BCUT2D eigenvalue weighted by Gasteiger charge is -2.45. The lowest BCUT2D eigenvalue weighted by Crippen LogP contribution is -2.55. The number of hydrogen-bond donors (Lipinski definition) is 3. The fraction of sp³-hybridized carbons (Fsp3) is 0.611. The number of phenols is 1. The Labute approximate surface area is 153 Å². The first kappa shape index (κ1) is 20.0. The Morgan fingerprint density at radius 2 is 2.24 bits per heavy atom. The van der Waals surface area contributed by atoms with Crippen LogP contribution in [0.4, 0.5) is 0 Å². The molecule has 2 rings (SSSR count). The summed E-state index contributed by atoms with van der Waals surface area (Å²) in [6.07, 6.45) is 1.27. The van der Waals surface area contributed by atoms with Crippen molar-refractivity contribution in [3.63, 3.8) is 0 Å². The number of carbonyl (C=O) groups excluding carboxylic acids is 1. The first-order chi connectivity index (χ1) is 11.9. The molecule has 1 aromatic carbocycles. The lowest BCUT2D eigenvalue weighted by molar-refractivity contribution is -0.142. The van der Waals surface area contributed by atoms with Crippen LogP contribution in [-0.2, 0) is 16.0 Å². The van der Waals surface area contributed by atoms with Gasteiger partial charge in [0.2, 0.25) is 5.91 Å². The minimum Gasteiger partial charge on any atom is -0.506 e. The van der Waals surface area contributed by atoms with Crippen LogP contribution in [0.1, 0.15) is 24.8 Å². The van der Waals surface area contributed by atoms with Gasteiger partial charge < -0.3 is 25.0 Å². The van der Waals surface area contributed by atoms with Crippen LogP contribution in [0.25, 0.3) is 0 Å². The highest BCUT2D eigenvalue weighted by Gasteiger charge is 2.43. The van der Waals surface area contributed by atoms with Crippen LogP contribution >= 0.6 is 11.6 Å². The predicted octanol–water partition coefficient (Wildman–Crippen LogP) is 1.59. The summed E-state index contributed by atoms with van der Waals surface area (Å²) in [5, 5.41) is 30.0. The number of aliphatic hydroxyl groups excluding tert-OH is 2. The molecule has 0 bridgehead atoms. The number of aliphatic hydroxyl groups is 2. The smallest absolute Gasteiger partial charge is 0.227 e. The van der Waals surface area contributed by atoms with Crippen molar-refractivity contribution in [2.24, 2.45) is 5.41 Å². The van der Waals surface area contributed by atoms with Crippen molar-refractivity contribution >= 4 is 17.5 Å². The molecule has 6 nitrogen and oxygen atoms in total. The number of likely N-dealkylation sites (tertiary alicyclic amines) is 1. The molecule has 7 heteroatoms. The zero-order valence-corrected chi connectivity index (χ0v) is 15.2. The fourth-order valence-electron chi connectivity index (χ4n) is 3.36. The van der Waals surface area contributed by atoms with Gasteiger partial charge in [-0.1, -0.05) is 17.7 Å². The number of methoxy groups -OCH3 is 1. The number of ether oxygens (including phenoxy) is 1. The Balaban J connectivity index is 2.05. The molecular formula is C18H26ClNO5. The zero-order chi connectivity index (χ0) is 18.4. The minimum absolute atomic E-state index is 0.0172. The van der Waals surface area contributed by atoms with Gasteiger partial charge in [-0.15, -0.1) is 0 Å². The average Bonchev–Trinajstić information content (AvgIpc) is 2.60. The van der Waals surface area contributed by atoms with Gasteiger partial charge in [0, 0.05) is 32.2 Å². The molecule has 0 unspecified atom stereocenters. The van der Waals surface area contributed by atoms with Crippen molar-refractivity contribution in [2.45, 2.75) is 31.8 Å². The third kappa shape index (κ3) is 4.85. The van der Waals surface area contributed by atoms with Gasteiger partial charge >= 0.3 is 0 Å². The normalized spacial score (nSPS) is 23.7. The molecule has 0 spiro atoms. The average molecular weight is 372 g/mol. The van der Waals surface area contributed by atoms with Gasteiger partial charge in [-0.25, -0.2) is 0 Å². The Morgan fingerprint density at radius 3 is 2.88 bits per heavy atom. The largest absolute Gasteiger partial charge is 0.506 e. The van der Waals surface area contributed by atoms with E-state index in [2.05, 4.69) is 0 Å². The van der Waals surface area contributed by atoms with E-state index in [-0.39, 0.29) is 29.7 Å². The molecule has 1 fully saturated rings. The summed E-state index contributed by atoms with van der Waals surface area (Å²) in [4.78, 5) is 14.3. The minimum atomic E-state index is -0.709. The Kier molecular flexibility index (Phi) is 7.07. The molecular weight excluding hydrogens is 346 g/mol. The van der Waals surface area contributed by atoms with Gasteiger partial charge in [0.25, 0.3) is 0 Å². The second-order valence-corrected chi connectivity index (χ2v) is 7.11. The summed E-state index contributed by atoms with van der Waals surface area (Å²) < 4.78 is 5.06. The summed E-state index contributed by atoms with van der Waals surface area (Å²) in [5.74, 6) is -0.102. The first-order valence-electron chi connectivity index (χ1n) is 8.45. The summed E-state index contributed by atoms with van der Waals surface area (Å²) in [5.41, 5.74) is 0.00637. The quantitative estimate of drug-likeness (QED) is 0.633. The van der Waals surface area contributed by atoms with Crippen molar-refractivity contribution in [3.05, 3.63) is 28.8 Å². The Morgan fingerprint density at radius 1 is 1.48 bits per heavy atom. The summed E-state index contributed by atoms with van der Waals surface area (Å²) in [6.45, 7) is 1.15. The van der Waals surface area contributed by atoms with E-state index in [4.69, 9.17) is 16.3 Å². The SMILES string of the molecule is COCCC[C@@]1(CO)CN(C(=O)Cc2ccc(O)c(Cl)c2)CC[C@H]1O. The summed E-state index contributed by atoms with van der Waals surface area (Å²) >= 11 is 5.89. The number of carbonyl (C=O) groups is 1. The van der Waals surface area contributed by atoms with Crippen LogP contribution < -0.4 is 0 Å². The van der Waals surface area contributed by atoms with E-state index in [9.17, 15) is 20.1 Å². The molecule has 0 saturated carbocycles. The number of amides is 1. The van der Waals surface area contributed by atoms with E-state index in [1.54, 1.807) is 24.1 Å². The van der Waals surface area contributed by atoms with E-state index in [0.29, 0.717) is 44.5 Å². The van der Waals surface area contributed by atoms with E-state index in [1.165, 1.54) is 6.07 Å². The van der Waals surface area contributed by atoms with Gasteiger partial charge in [-0.2, -0.15) is 0 Å². The zero-order valence-electron chi connectivity index (χ0n) is 14.4. The second kappa shape index (κ2) is 8.85. The van der Waals surface area contributed by atoms with Gasteiger partial charge in [0.05, 0.1) is 24.2 Å². The maximum atomic E-state index is 12.6. The second-order valence-electron chi connectivity index (χ2n) is 6.70. The number of phenolic OH excluding ortho intramolecular Hbond substituents is 1. The first-order valence-corrected chi connectivity index (χ1v) is 8.82. The highest BCUT2D eigenvalue weighted by atomic mass is 35.5. The molecule has 2 atom stereocenters. The lowest BCUT2D eigenvalue weighted by atomic mass is 9.74. The van der Waals surface area contributed by atoms with Crippen LogP contribution in [0, 0.1) is 5.41 Å². The van der Waals surface area contributed by atoms with Gasteiger partial charge in [0.15, 0.2) is 0 Å². The monoisotopic (exact) mass is 371 g/mol. The molecule has 3 N–H and O–H groups in total. The molecule has 1 aliphatic heterocycles. The van der Waals surface area contributed by atoms with Crippen LogP contribution in [-0.4, -0.2) is 65.6 Å². The summed E-state index contributed by atoms with van der Waals surface area (Å²) in [6, 6.07) is 4.70. The molecule has 0 radical (unpaired) electrons. The summed E-state index contributed by atoms with van der Waals surface area (Å²) in [7, 11) is 1.61. The Hall–Kier alpha value is -1.34. The number of hydrogen-bond acceptors (Lipinski definition) is 5. The molecule has 0 aliphatic carbocycles. The highest BCUT2D eigenvalue weighted by Crippen LogP contribution is 2.35. The molecule has 1 heterocycles. The van der Waals surface area contributed by atoms with Gasteiger partial charge in [-0.05, 0) is 37.0 Å². The van der Waals surface area contributed by atoms with Gasteiger partial charge in [0.1, 0.15) is 5.75 Å². The Bertz CT molecular complexity index is 597. The van der Waals surface area contributed by atoms with Crippen molar-refractivity contribution in [2.75, 3.05) is 33.4 Å². The van der Waals surface area contributed by atoms with Gasteiger partial charge in [-0.3, -0.25) is 4.79 Å². The molecule has 1 amide bonds. The maximum absolute atomic E-state index is 12.6.